The first kappa shape index (κ1) is 16.2. The molecule has 1 aromatic rings. The molecule has 0 aliphatic carbocycles. The number of likely N-dealkylation sites (tertiary alicyclic amines) is 1. The van der Waals surface area contributed by atoms with Crippen molar-refractivity contribution < 1.29 is 13.9 Å². The summed E-state index contributed by atoms with van der Waals surface area (Å²) in [5.41, 5.74) is 0. The van der Waals surface area contributed by atoms with Gasteiger partial charge in [0.05, 0.1) is 4.47 Å². The van der Waals surface area contributed by atoms with E-state index in [0.717, 1.165) is 26.1 Å². The van der Waals surface area contributed by atoms with Gasteiger partial charge in [-0.25, -0.2) is 4.39 Å². The Kier molecular flexibility index (Phi) is 5.58. The number of nitrogens with zero attached hydrogens (tertiary/aromatic N) is 1. The van der Waals surface area contributed by atoms with E-state index in [1.165, 1.54) is 18.2 Å². The Morgan fingerprint density at radius 2 is 2.38 bits per heavy atom. The summed E-state index contributed by atoms with van der Waals surface area (Å²) >= 11 is 3.24. The molecule has 1 aliphatic heterocycles. The van der Waals surface area contributed by atoms with Crippen molar-refractivity contribution in [1.82, 2.24) is 10.2 Å². The summed E-state index contributed by atoms with van der Waals surface area (Å²) in [6, 6.07) is 4.17. The molecule has 0 radical (unpaired) electrons. The first-order valence-corrected chi connectivity index (χ1v) is 7.85. The summed E-state index contributed by atoms with van der Waals surface area (Å²) in [6.45, 7) is 4.17. The third-order valence-electron chi connectivity index (χ3n) is 3.64. The van der Waals surface area contributed by atoms with Gasteiger partial charge in [-0.1, -0.05) is 0 Å². The van der Waals surface area contributed by atoms with Gasteiger partial charge in [0.2, 0.25) is 0 Å². The zero-order chi connectivity index (χ0) is 15.4. The molecule has 1 amide bonds. The van der Waals surface area contributed by atoms with Crippen molar-refractivity contribution in [3.05, 3.63) is 28.5 Å². The standard InChI is InChI=1S/C15H20BrFN2O2/c1-10(21-14-4-3-12(17)7-13(14)16)15(20)19-6-5-11(9-19)8-18-2/h3-4,7,10-11,18H,5-6,8-9H2,1-2H3/t10-,11+/m1/s1. The van der Waals surface area contributed by atoms with Crippen LogP contribution in [0.2, 0.25) is 0 Å². The van der Waals surface area contributed by atoms with Crippen LogP contribution in [-0.2, 0) is 4.79 Å². The molecule has 2 rings (SSSR count). The largest absolute Gasteiger partial charge is 0.480 e. The molecule has 1 aromatic carbocycles. The number of nitrogens with one attached hydrogen (secondary N) is 1. The number of amides is 1. The van der Waals surface area contributed by atoms with Crippen LogP contribution in [0.5, 0.6) is 5.75 Å². The molecule has 21 heavy (non-hydrogen) atoms. The number of rotatable bonds is 5. The molecular formula is C15H20BrFN2O2. The monoisotopic (exact) mass is 358 g/mol. The molecule has 6 heteroatoms. The fraction of sp³-hybridized carbons (Fsp3) is 0.533. The molecule has 0 bridgehead atoms. The lowest BCUT2D eigenvalue weighted by Gasteiger charge is -2.22. The lowest BCUT2D eigenvalue weighted by atomic mass is 10.1. The maximum Gasteiger partial charge on any atom is 0.263 e. The fourth-order valence-corrected chi connectivity index (χ4v) is 3.00. The van der Waals surface area contributed by atoms with Crippen LogP contribution in [0, 0.1) is 11.7 Å². The fourth-order valence-electron chi connectivity index (χ4n) is 2.56. The lowest BCUT2D eigenvalue weighted by molar-refractivity contribution is -0.137. The average Bonchev–Trinajstić information content (AvgIpc) is 2.90. The zero-order valence-electron chi connectivity index (χ0n) is 12.2. The van der Waals surface area contributed by atoms with Crippen molar-refractivity contribution >= 4 is 21.8 Å². The van der Waals surface area contributed by atoms with Crippen LogP contribution in [0.15, 0.2) is 22.7 Å². The Hall–Kier alpha value is -1.14. The third kappa shape index (κ3) is 4.17. The molecule has 1 heterocycles. The van der Waals surface area contributed by atoms with Gasteiger partial charge >= 0.3 is 0 Å². The molecule has 0 unspecified atom stereocenters. The van der Waals surface area contributed by atoms with Crippen LogP contribution in [-0.4, -0.2) is 43.6 Å². The molecule has 0 spiro atoms. The maximum atomic E-state index is 13.0. The van der Waals surface area contributed by atoms with Gasteiger partial charge in [-0.2, -0.15) is 0 Å². The molecule has 0 aromatic heterocycles. The minimum absolute atomic E-state index is 0.0233. The van der Waals surface area contributed by atoms with Crippen LogP contribution in [0.25, 0.3) is 0 Å². The van der Waals surface area contributed by atoms with E-state index in [1.807, 2.05) is 11.9 Å². The first-order chi connectivity index (χ1) is 10.0. The van der Waals surface area contributed by atoms with Crippen LogP contribution in [0.1, 0.15) is 13.3 Å². The molecule has 1 N–H and O–H groups in total. The van der Waals surface area contributed by atoms with E-state index < -0.39 is 6.10 Å². The van der Waals surface area contributed by atoms with E-state index in [1.54, 1.807) is 6.92 Å². The van der Waals surface area contributed by atoms with Crippen molar-refractivity contribution in [2.75, 3.05) is 26.7 Å². The number of carbonyl (C=O) groups is 1. The number of benzene rings is 1. The van der Waals surface area contributed by atoms with Gasteiger partial charge in [0.15, 0.2) is 6.10 Å². The van der Waals surface area contributed by atoms with Gasteiger partial charge in [-0.15, -0.1) is 0 Å². The Morgan fingerprint density at radius 1 is 1.62 bits per heavy atom. The summed E-state index contributed by atoms with van der Waals surface area (Å²) in [5.74, 6) is 0.611. The summed E-state index contributed by atoms with van der Waals surface area (Å²) < 4.78 is 19.2. The van der Waals surface area contributed by atoms with Crippen LogP contribution in [0.4, 0.5) is 4.39 Å². The van der Waals surface area contributed by atoms with Crippen molar-refractivity contribution in [3.8, 4) is 5.75 Å². The van der Waals surface area contributed by atoms with Crippen LogP contribution in [0.3, 0.4) is 0 Å². The van der Waals surface area contributed by atoms with Crippen molar-refractivity contribution in [2.24, 2.45) is 5.92 Å². The van der Waals surface area contributed by atoms with Gasteiger partial charge in [-0.3, -0.25) is 4.79 Å². The first-order valence-electron chi connectivity index (χ1n) is 7.06. The molecular weight excluding hydrogens is 339 g/mol. The van der Waals surface area contributed by atoms with Crippen LogP contribution >= 0.6 is 15.9 Å². The molecule has 2 atom stereocenters. The van der Waals surface area contributed by atoms with Gasteiger partial charge < -0.3 is 15.0 Å². The van der Waals surface area contributed by atoms with Crippen LogP contribution < -0.4 is 10.1 Å². The Bertz CT molecular complexity index is 512. The van der Waals surface area contributed by atoms with E-state index in [-0.39, 0.29) is 11.7 Å². The highest BCUT2D eigenvalue weighted by molar-refractivity contribution is 9.10. The minimum Gasteiger partial charge on any atom is -0.480 e. The van der Waals surface area contributed by atoms with Gasteiger partial charge in [0.25, 0.3) is 5.91 Å². The van der Waals surface area contributed by atoms with E-state index >= 15 is 0 Å². The van der Waals surface area contributed by atoms with Gasteiger partial charge in [-0.05, 0) is 67.0 Å². The third-order valence-corrected chi connectivity index (χ3v) is 4.26. The second-order valence-corrected chi connectivity index (χ2v) is 6.19. The second kappa shape index (κ2) is 7.22. The molecule has 116 valence electrons. The summed E-state index contributed by atoms with van der Waals surface area (Å²) in [6.07, 6.45) is 0.430. The summed E-state index contributed by atoms with van der Waals surface area (Å²) in [5, 5.41) is 3.14. The summed E-state index contributed by atoms with van der Waals surface area (Å²) in [4.78, 5) is 14.2. The van der Waals surface area contributed by atoms with Crippen molar-refractivity contribution in [3.63, 3.8) is 0 Å². The van der Waals surface area contributed by atoms with Gasteiger partial charge in [0, 0.05) is 13.1 Å². The lowest BCUT2D eigenvalue weighted by Crippen LogP contribution is -2.39. The number of halogens is 2. The van der Waals surface area contributed by atoms with E-state index in [0.29, 0.717) is 16.1 Å². The highest BCUT2D eigenvalue weighted by Crippen LogP contribution is 2.27. The van der Waals surface area contributed by atoms with E-state index in [2.05, 4.69) is 21.2 Å². The second-order valence-electron chi connectivity index (χ2n) is 5.33. The van der Waals surface area contributed by atoms with E-state index in [4.69, 9.17) is 4.74 Å². The Balaban J connectivity index is 1.94. The topological polar surface area (TPSA) is 41.6 Å². The molecule has 1 fully saturated rings. The van der Waals surface area contributed by atoms with E-state index in [9.17, 15) is 9.18 Å². The number of hydrogen-bond acceptors (Lipinski definition) is 3. The quantitative estimate of drug-likeness (QED) is 0.878. The SMILES string of the molecule is CNC[C@@H]1CCN(C(=O)[C@@H](C)Oc2ccc(F)cc2Br)C1. The molecule has 0 saturated carbocycles. The molecule has 1 saturated heterocycles. The highest BCUT2D eigenvalue weighted by Gasteiger charge is 2.29. The van der Waals surface area contributed by atoms with Crippen molar-refractivity contribution in [1.29, 1.82) is 0 Å². The number of ether oxygens (including phenoxy) is 1. The predicted molar refractivity (Wildman–Crippen MR) is 82.8 cm³/mol. The Labute approximate surface area is 132 Å². The zero-order valence-corrected chi connectivity index (χ0v) is 13.8. The average molecular weight is 359 g/mol. The number of carbonyl (C=O) groups excluding carboxylic acids is 1. The normalized spacial score (nSPS) is 19.6. The molecule has 1 aliphatic rings. The number of hydrogen-bond donors (Lipinski definition) is 1. The predicted octanol–water partition coefficient (Wildman–Crippen LogP) is 2.42. The highest BCUT2D eigenvalue weighted by atomic mass is 79.9. The smallest absolute Gasteiger partial charge is 0.263 e. The maximum absolute atomic E-state index is 13.0. The molecule has 4 nitrogen and oxygen atoms in total. The van der Waals surface area contributed by atoms with Crippen molar-refractivity contribution in [2.45, 2.75) is 19.4 Å². The Morgan fingerprint density at radius 3 is 3.05 bits per heavy atom. The summed E-state index contributed by atoms with van der Waals surface area (Å²) in [7, 11) is 1.92. The van der Waals surface area contributed by atoms with Gasteiger partial charge in [0.1, 0.15) is 11.6 Å². The minimum atomic E-state index is -0.583.